The van der Waals surface area contributed by atoms with Gasteiger partial charge in [0, 0.05) is 12.0 Å². The van der Waals surface area contributed by atoms with E-state index >= 15 is 0 Å². The molecule has 0 heterocycles. The van der Waals surface area contributed by atoms with E-state index in [0.717, 1.165) is 23.1 Å². The lowest BCUT2D eigenvalue weighted by Gasteiger charge is -2.12. The van der Waals surface area contributed by atoms with Crippen LogP contribution in [0.2, 0.25) is 0 Å². The minimum atomic E-state index is -0.120. The second kappa shape index (κ2) is 6.02. The molecule has 0 spiro atoms. The molecule has 90 valence electrons. The Morgan fingerprint density at radius 2 is 1.69 bits per heavy atom. The second-order valence-corrected chi connectivity index (χ2v) is 4.24. The van der Waals surface area contributed by atoms with Crippen molar-refractivity contribution in [1.29, 1.82) is 0 Å². The first-order valence-electron chi connectivity index (χ1n) is 5.42. The zero-order valence-corrected chi connectivity index (χ0v) is 11.2. The van der Waals surface area contributed by atoms with E-state index in [1.165, 1.54) is 5.56 Å². The van der Waals surface area contributed by atoms with Crippen molar-refractivity contribution in [3.05, 3.63) is 34.4 Å². The summed E-state index contributed by atoms with van der Waals surface area (Å²) in [4.78, 5) is 12.1. The number of ketones is 1. The lowest BCUT2D eigenvalue weighted by molar-refractivity contribution is -0.399. The number of hydrogen-bond donors (Lipinski definition) is 1. The lowest BCUT2D eigenvalue weighted by atomic mass is 9.93. The monoisotopic (exact) mass is 241 g/mol. The molecule has 16 heavy (non-hydrogen) atoms. The van der Waals surface area contributed by atoms with Crippen molar-refractivity contribution in [3.8, 4) is 0 Å². The van der Waals surface area contributed by atoms with Crippen LogP contribution in [0, 0.1) is 20.8 Å². The van der Waals surface area contributed by atoms with E-state index in [0.29, 0.717) is 0 Å². The minimum absolute atomic E-state index is 0. The molecule has 1 rings (SSSR count). The van der Waals surface area contributed by atoms with Crippen molar-refractivity contribution in [2.75, 3.05) is 0 Å². The summed E-state index contributed by atoms with van der Waals surface area (Å²) in [5, 5.41) is 0. The molecular weight excluding hydrogens is 222 g/mol. The topological polar surface area (TPSA) is 44.7 Å². The van der Waals surface area contributed by atoms with Crippen LogP contribution in [0.5, 0.6) is 0 Å². The summed E-state index contributed by atoms with van der Waals surface area (Å²) in [5.41, 5.74) is 8.10. The van der Waals surface area contributed by atoms with Crippen molar-refractivity contribution in [3.63, 3.8) is 0 Å². The van der Waals surface area contributed by atoms with E-state index < -0.39 is 0 Å². The fourth-order valence-electron chi connectivity index (χ4n) is 1.96. The molecule has 0 aliphatic rings. The van der Waals surface area contributed by atoms with Crippen LogP contribution in [0.25, 0.3) is 0 Å². The third-order valence-electron chi connectivity index (χ3n) is 2.79. The summed E-state index contributed by atoms with van der Waals surface area (Å²) >= 11 is 0. The molecule has 0 amide bonds. The number of carbonyl (C=O) groups excluding carboxylic acids is 1. The van der Waals surface area contributed by atoms with Gasteiger partial charge in [-0.2, -0.15) is 0 Å². The molecule has 0 radical (unpaired) electrons. The highest BCUT2D eigenvalue weighted by Crippen LogP contribution is 2.18. The maximum atomic E-state index is 12.1. The molecule has 1 unspecified atom stereocenters. The van der Waals surface area contributed by atoms with Crippen LogP contribution < -0.4 is 18.1 Å². The predicted octanol–water partition coefficient (Wildman–Crippen LogP) is -1.18. The van der Waals surface area contributed by atoms with Gasteiger partial charge in [-0.05, 0) is 31.9 Å². The minimum Gasteiger partial charge on any atom is -1.00 e. The Bertz CT molecular complexity index is 365. The van der Waals surface area contributed by atoms with E-state index in [1.807, 2.05) is 20.8 Å². The summed E-state index contributed by atoms with van der Waals surface area (Å²) in [6.07, 6.45) is 0.797. The Labute approximate surface area is 104 Å². The molecule has 1 atom stereocenters. The smallest absolute Gasteiger partial charge is 0.220 e. The van der Waals surface area contributed by atoms with Crippen LogP contribution in [-0.4, -0.2) is 11.8 Å². The Morgan fingerprint density at radius 1 is 1.25 bits per heavy atom. The van der Waals surface area contributed by atoms with Crippen LogP contribution >= 0.6 is 0 Å². The normalized spacial score (nSPS) is 11.8. The van der Waals surface area contributed by atoms with Crippen LogP contribution in [0.1, 0.15) is 40.4 Å². The molecular formula is C13H20ClNO. The van der Waals surface area contributed by atoms with E-state index in [4.69, 9.17) is 0 Å². The van der Waals surface area contributed by atoms with Crippen LogP contribution in [0.15, 0.2) is 12.1 Å². The van der Waals surface area contributed by atoms with E-state index in [-0.39, 0.29) is 24.2 Å². The van der Waals surface area contributed by atoms with Gasteiger partial charge in [-0.1, -0.05) is 24.6 Å². The number of halogens is 1. The van der Waals surface area contributed by atoms with Gasteiger partial charge in [0.25, 0.3) is 0 Å². The first-order chi connectivity index (χ1) is 6.97. The van der Waals surface area contributed by atoms with Gasteiger partial charge in [0.2, 0.25) is 5.78 Å². The maximum Gasteiger partial charge on any atom is 0.220 e. The molecule has 0 fully saturated rings. The van der Waals surface area contributed by atoms with Gasteiger partial charge in [-0.25, -0.2) is 0 Å². The summed E-state index contributed by atoms with van der Waals surface area (Å²) in [5.74, 6) is 0.174. The molecule has 0 saturated heterocycles. The standard InChI is InChI=1S/C13H19NO.ClH/c1-5-11(14)13(15)12-9(3)6-8(2)7-10(12)4;/h6-7,11H,5,14H2,1-4H3;1H. The zero-order valence-electron chi connectivity index (χ0n) is 10.4. The quantitative estimate of drug-likeness (QED) is 0.666. The first-order valence-corrected chi connectivity index (χ1v) is 5.42. The average Bonchev–Trinajstić information content (AvgIpc) is 2.14. The van der Waals surface area contributed by atoms with Gasteiger partial charge in [-0.15, -0.1) is 0 Å². The van der Waals surface area contributed by atoms with Gasteiger partial charge >= 0.3 is 0 Å². The highest BCUT2D eigenvalue weighted by molar-refractivity contribution is 6.01. The number of benzene rings is 1. The van der Waals surface area contributed by atoms with Gasteiger partial charge < -0.3 is 18.1 Å². The summed E-state index contributed by atoms with van der Waals surface area (Å²) in [6.45, 7) is 8.04. The fraction of sp³-hybridized carbons (Fsp3) is 0.462. The third kappa shape index (κ3) is 3.06. The van der Waals surface area contributed by atoms with Crippen molar-refractivity contribution in [1.82, 2.24) is 0 Å². The van der Waals surface area contributed by atoms with E-state index in [1.54, 1.807) is 0 Å². The van der Waals surface area contributed by atoms with Gasteiger partial charge in [0.05, 0.1) is 0 Å². The van der Waals surface area contributed by atoms with Gasteiger partial charge in [0.1, 0.15) is 6.04 Å². The molecule has 0 aliphatic carbocycles. The number of carbonyl (C=O) groups is 1. The number of hydrogen-bond acceptors (Lipinski definition) is 1. The number of rotatable bonds is 3. The first kappa shape index (κ1) is 15.1. The molecule has 1 aromatic carbocycles. The van der Waals surface area contributed by atoms with E-state index in [9.17, 15) is 4.79 Å². The SMILES string of the molecule is CCC([NH3+])C(=O)c1c(C)cc(C)cc1C.[Cl-]. The molecule has 3 N–H and O–H groups in total. The zero-order chi connectivity index (χ0) is 11.6. The number of aryl methyl sites for hydroxylation is 3. The van der Waals surface area contributed by atoms with Crippen LogP contribution in [0.4, 0.5) is 0 Å². The van der Waals surface area contributed by atoms with Crippen molar-refractivity contribution in [2.45, 2.75) is 40.2 Å². The number of quaternary nitrogens is 1. The Kier molecular flexibility index (Phi) is 5.70. The largest absolute Gasteiger partial charge is 1.00 e. The predicted molar refractivity (Wildman–Crippen MR) is 62.0 cm³/mol. The number of Topliss-reactive ketones (excluding diaryl/α,β-unsaturated/α-hetero) is 1. The molecule has 0 bridgehead atoms. The molecule has 1 aromatic rings. The molecule has 0 aliphatic heterocycles. The van der Waals surface area contributed by atoms with E-state index in [2.05, 4.69) is 24.8 Å². The molecule has 0 saturated carbocycles. The Balaban J connectivity index is 0.00000225. The third-order valence-corrected chi connectivity index (χ3v) is 2.79. The van der Waals surface area contributed by atoms with Gasteiger partial charge in [-0.3, -0.25) is 4.79 Å². The maximum absolute atomic E-state index is 12.1. The molecule has 0 aromatic heterocycles. The fourth-order valence-corrected chi connectivity index (χ4v) is 1.96. The summed E-state index contributed by atoms with van der Waals surface area (Å²) < 4.78 is 0. The van der Waals surface area contributed by atoms with Crippen molar-refractivity contribution < 1.29 is 22.9 Å². The second-order valence-electron chi connectivity index (χ2n) is 4.24. The lowest BCUT2D eigenvalue weighted by Crippen LogP contribution is -3.00. The average molecular weight is 242 g/mol. The Hall–Kier alpha value is -0.860. The van der Waals surface area contributed by atoms with Crippen LogP contribution in [-0.2, 0) is 0 Å². The van der Waals surface area contributed by atoms with Crippen molar-refractivity contribution >= 4 is 5.78 Å². The summed E-state index contributed by atoms with van der Waals surface area (Å²) in [6, 6.07) is 4.00. The molecule has 2 nitrogen and oxygen atoms in total. The highest BCUT2D eigenvalue weighted by atomic mass is 35.5. The van der Waals surface area contributed by atoms with Gasteiger partial charge in [0.15, 0.2) is 0 Å². The molecule has 3 heteroatoms. The van der Waals surface area contributed by atoms with Crippen molar-refractivity contribution in [2.24, 2.45) is 0 Å². The van der Waals surface area contributed by atoms with Crippen LogP contribution in [0.3, 0.4) is 0 Å². The Morgan fingerprint density at radius 3 is 2.06 bits per heavy atom. The summed E-state index contributed by atoms with van der Waals surface area (Å²) in [7, 11) is 0. The highest BCUT2D eigenvalue weighted by Gasteiger charge is 2.20.